The molecule has 0 spiro atoms. The van der Waals surface area contributed by atoms with Crippen molar-refractivity contribution >= 4 is 11.9 Å². The lowest BCUT2D eigenvalue weighted by Gasteiger charge is -2.32. The van der Waals surface area contributed by atoms with Crippen LogP contribution in [0, 0.1) is 17.6 Å². The number of aliphatic carboxylic acids is 1. The van der Waals surface area contributed by atoms with Crippen LogP contribution in [0.1, 0.15) is 36.0 Å². The highest BCUT2D eigenvalue weighted by molar-refractivity contribution is 5.94. The molecule has 1 aliphatic rings. The van der Waals surface area contributed by atoms with Gasteiger partial charge in [-0.2, -0.15) is 0 Å². The molecule has 1 N–H and O–H groups in total. The summed E-state index contributed by atoms with van der Waals surface area (Å²) in [5, 5.41) is 8.69. The molecule has 0 aromatic heterocycles. The summed E-state index contributed by atoms with van der Waals surface area (Å²) in [6.45, 7) is 0.963. The Balaban J connectivity index is 2.03. The molecule has 6 heteroatoms. The van der Waals surface area contributed by atoms with E-state index in [1.54, 1.807) is 4.90 Å². The lowest BCUT2D eigenvalue weighted by Crippen LogP contribution is -2.40. The van der Waals surface area contributed by atoms with Gasteiger partial charge in [0, 0.05) is 31.1 Å². The lowest BCUT2D eigenvalue weighted by atomic mass is 9.93. The number of rotatable bonds is 4. The fraction of sp³-hybridized carbons (Fsp3) is 0.467. The number of carboxylic acids is 1. The summed E-state index contributed by atoms with van der Waals surface area (Å²) in [7, 11) is 0. The first kappa shape index (κ1) is 15.4. The molecular weight excluding hydrogens is 280 g/mol. The number of carbonyl (C=O) groups is 2. The zero-order chi connectivity index (χ0) is 15.4. The normalized spacial score (nSPS) is 18.6. The van der Waals surface area contributed by atoms with Crippen molar-refractivity contribution in [2.45, 2.75) is 25.7 Å². The van der Waals surface area contributed by atoms with E-state index >= 15 is 0 Å². The summed E-state index contributed by atoms with van der Waals surface area (Å²) < 4.78 is 26.3. The van der Waals surface area contributed by atoms with Gasteiger partial charge in [-0.25, -0.2) is 8.78 Å². The molecule has 21 heavy (non-hydrogen) atoms. The second-order valence-electron chi connectivity index (χ2n) is 5.35. The van der Waals surface area contributed by atoms with E-state index in [4.69, 9.17) is 5.11 Å². The van der Waals surface area contributed by atoms with Crippen LogP contribution in [-0.2, 0) is 4.79 Å². The van der Waals surface area contributed by atoms with Gasteiger partial charge in [-0.1, -0.05) is 0 Å². The van der Waals surface area contributed by atoms with Crippen molar-refractivity contribution in [3.05, 3.63) is 35.4 Å². The molecule has 1 saturated heterocycles. The van der Waals surface area contributed by atoms with Crippen molar-refractivity contribution in [1.82, 2.24) is 4.90 Å². The highest BCUT2D eigenvalue weighted by Crippen LogP contribution is 2.23. The van der Waals surface area contributed by atoms with E-state index in [2.05, 4.69) is 0 Å². The second kappa shape index (κ2) is 6.65. The number of hydrogen-bond acceptors (Lipinski definition) is 2. The third kappa shape index (κ3) is 4.24. The Morgan fingerprint density at radius 1 is 1.24 bits per heavy atom. The fourth-order valence-electron chi connectivity index (χ4n) is 2.67. The van der Waals surface area contributed by atoms with Crippen LogP contribution in [0.5, 0.6) is 0 Å². The van der Waals surface area contributed by atoms with Gasteiger partial charge >= 0.3 is 5.97 Å². The standard InChI is InChI=1S/C15H17F2NO3/c16-12-6-11(7-13(17)8-12)15(21)18-5-1-2-10(9-18)3-4-14(19)20/h6-8,10H,1-5,9H2,(H,19,20)/t10-/m1/s1. The number of halogens is 2. The molecular formula is C15H17F2NO3. The number of benzene rings is 1. The quantitative estimate of drug-likeness (QED) is 0.929. The first-order valence-corrected chi connectivity index (χ1v) is 6.93. The first-order valence-electron chi connectivity index (χ1n) is 6.93. The van der Waals surface area contributed by atoms with Crippen LogP contribution in [0.3, 0.4) is 0 Å². The first-order chi connectivity index (χ1) is 9.95. The summed E-state index contributed by atoms with van der Waals surface area (Å²) in [5.41, 5.74) is -0.00798. The van der Waals surface area contributed by atoms with Gasteiger partial charge in [0.25, 0.3) is 5.91 Å². The molecule has 4 nitrogen and oxygen atoms in total. The molecule has 1 aliphatic heterocycles. The van der Waals surface area contributed by atoms with Gasteiger partial charge in [-0.05, 0) is 37.3 Å². The molecule has 1 aromatic rings. The van der Waals surface area contributed by atoms with Crippen molar-refractivity contribution in [2.24, 2.45) is 5.92 Å². The second-order valence-corrected chi connectivity index (χ2v) is 5.35. The van der Waals surface area contributed by atoms with E-state index in [0.717, 1.165) is 31.0 Å². The Bertz CT molecular complexity index is 527. The minimum absolute atomic E-state index is 0.00798. The Labute approximate surface area is 121 Å². The Morgan fingerprint density at radius 3 is 2.52 bits per heavy atom. The molecule has 114 valence electrons. The average Bonchev–Trinajstić information content (AvgIpc) is 2.43. The average molecular weight is 297 g/mol. The maximum absolute atomic E-state index is 13.2. The molecule has 1 heterocycles. The van der Waals surface area contributed by atoms with Crippen LogP contribution in [0.25, 0.3) is 0 Å². The third-order valence-corrected chi connectivity index (χ3v) is 3.68. The molecule has 1 fully saturated rings. The van der Waals surface area contributed by atoms with Crippen molar-refractivity contribution in [2.75, 3.05) is 13.1 Å². The van der Waals surface area contributed by atoms with E-state index in [-0.39, 0.29) is 17.9 Å². The van der Waals surface area contributed by atoms with Crippen LogP contribution in [0.4, 0.5) is 8.78 Å². The topological polar surface area (TPSA) is 57.6 Å². The van der Waals surface area contributed by atoms with Gasteiger partial charge in [0.1, 0.15) is 11.6 Å². The van der Waals surface area contributed by atoms with E-state index in [9.17, 15) is 18.4 Å². The minimum atomic E-state index is -0.856. The number of carboxylic acid groups (broad SMARTS) is 1. The maximum atomic E-state index is 13.2. The van der Waals surface area contributed by atoms with Crippen LogP contribution in [0.2, 0.25) is 0 Å². The molecule has 0 aliphatic carbocycles. The van der Waals surface area contributed by atoms with Crippen molar-refractivity contribution in [1.29, 1.82) is 0 Å². The predicted octanol–water partition coefficient (Wildman–Crippen LogP) is 2.68. The minimum Gasteiger partial charge on any atom is -0.481 e. The molecule has 1 amide bonds. The molecule has 1 aromatic carbocycles. The van der Waals surface area contributed by atoms with Gasteiger partial charge in [0.2, 0.25) is 0 Å². The lowest BCUT2D eigenvalue weighted by molar-refractivity contribution is -0.137. The number of carbonyl (C=O) groups excluding carboxylic acids is 1. The predicted molar refractivity (Wildman–Crippen MR) is 71.9 cm³/mol. The van der Waals surface area contributed by atoms with E-state index < -0.39 is 23.5 Å². The summed E-state index contributed by atoms with van der Waals surface area (Å²) in [6, 6.07) is 2.77. The van der Waals surface area contributed by atoms with Gasteiger partial charge < -0.3 is 10.0 Å². The zero-order valence-corrected chi connectivity index (χ0v) is 11.5. The summed E-state index contributed by atoms with van der Waals surface area (Å²) in [6.07, 6.45) is 2.22. The van der Waals surface area contributed by atoms with Crippen LogP contribution in [0.15, 0.2) is 18.2 Å². The monoisotopic (exact) mass is 297 g/mol. The number of piperidine rings is 1. The Morgan fingerprint density at radius 2 is 1.90 bits per heavy atom. The smallest absolute Gasteiger partial charge is 0.303 e. The summed E-state index contributed by atoms with van der Waals surface area (Å²) >= 11 is 0. The summed E-state index contributed by atoms with van der Waals surface area (Å²) in [4.78, 5) is 24.4. The van der Waals surface area contributed by atoms with Gasteiger partial charge in [0.15, 0.2) is 0 Å². The van der Waals surface area contributed by atoms with Crippen molar-refractivity contribution < 1.29 is 23.5 Å². The number of amides is 1. The van der Waals surface area contributed by atoms with Crippen LogP contribution >= 0.6 is 0 Å². The zero-order valence-electron chi connectivity index (χ0n) is 11.5. The molecule has 0 saturated carbocycles. The Kier molecular flexibility index (Phi) is 4.88. The number of hydrogen-bond donors (Lipinski definition) is 1. The Hall–Kier alpha value is -1.98. The number of likely N-dealkylation sites (tertiary alicyclic amines) is 1. The molecule has 0 bridgehead atoms. The van der Waals surface area contributed by atoms with E-state index in [0.29, 0.717) is 19.5 Å². The molecule has 1 atom stereocenters. The molecule has 2 rings (SSSR count). The van der Waals surface area contributed by atoms with Crippen molar-refractivity contribution in [3.63, 3.8) is 0 Å². The highest BCUT2D eigenvalue weighted by atomic mass is 19.1. The molecule has 0 unspecified atom stereocenters. The maximum Gasteiger partial charge on any atom is 0.303 e. The van der Waals surface area contributed by atoms with Crippen LogP contribution < -0.4 is 0 Å². The SMILES string of the molecule is O=C(O)CC[C@H]1CCCN(C(=O)c2cc(F)cc(F)c2)C1. The van der Waals surface area contributed by atoms with Gasteiger partial charge in [-0.15, -0.1) is 0 Å². The van der Waals surface area contributed by atoms with E-state index in [1.807, 2.05) is 0 Å². The number of nitrogens with zero attached hydrogens (tertiary/aromatic N) is 1. The molecule has 0 radical (unpaired) electrons. The highest BCUT2D eigenvalue weighted by Gasteiger charge is 2.25. The van der Waals surface area contributed by atoms with Crippen LogP contribution in [-0.4, -0.2) is 35.0 Å². The van der Waals surface area contributed by atoms with Gasteiger partial charge in [0.05, 0.1) is 0 Å². The largest absolute Gasteiger partial charge is 0.481 e. The summed E-state index contributed by atoms with van der Waals surface area (Å²) in [5.74, 6) is -2.70. The third-order valence-electron chi connectivity index (χ3n) is 3.68. The van der Waals surface area contributed by atoms with Crippen molar-refractivity contribution in [3.8, 4) is 0 Å². The fourth-order valence-corrected chi connectivity index (χ4v) is 2.67. The van der Waals surface area contributed by atoms with Gasteiger partial charge in [-0.3, -0.25) is 9.59 Å². The van der Waals surface area contributed by atoms with E-state index in [1.165, 1.54) is 0 Å².